The van der Waals surface area contributed by atoms with Gasteiger partial charge in [0.1, 0.15) is 6.10 Å². The van der Waals surface area contributed by atoms with Gasteiger partial charge < -0.3 is 25.6 Å². The molecule has 2 atom stereocenters. The first-order valence-electron chi connectivity index (χ1n) is 7.89. The number of hydrogen-bond acceptors (Lipinski definition) is 5. The summed E-state index contributed by atoms with van der Waals surface area (Å²) in [5, 5.41) is 22.8. The van der Waals surface area contributed by atoms with E-state index in [1.54, 1.807) is 12.1 Å². The quantitative estimate of drug-likeness (QED) is 0.549. The van der Waals surface area contributed by atoms with E-state index in [1.165, 1.54) is 6.92 Å². The summed E-state index contributed by atoms with van der Waals surface area (Å²) in [6.45, 7) is 3.50. The van der Waals surface area contributed by atoms with E-state index in [-0.39, 0.29) is 18.1 Å². The molecule has 148 valence electrons. The summed E-state index contributed by atoms with van der Waals surface area (Å²) in [7, 11) is 0. The largest absolute Gasteiger partial charge is 0.478 e. The average Bonchev–Trinajstić information content (AvgIpc) is 2.81. The second-order valence-corrected chi connectivity index (χ2v) is 6.30. The third-order valence-electron chi connectivity index (χ3n) is 3.34. The van der Waals surface area contributed by atoms with Crippen LogP contribution in [0.2, 0.25) is 10.0 Å². The molecular formula is C17H20Cl2N2O6. The number of carboxylic acids is 2. The Morgan fingerprint density at radius 3 is 2.33 bits per heavy atom. The molecule has 0 radical (unpaired) electrons. The maximum atomic E-state index is 11.3. The lowest BCUT2D eigenvalue weighted by Gasteiger charge is -2.25. The van der Waals surface area contributed by atoms with Gasteiger partial charge in [0.25, 0.3) is 0 Å². The van der Waals surface area contributed by atoms with E-state index in [4.69, 9.17) is 38.2 Å². The minimum atomic E-state index is -1.26. The van der Waals surface area contributed by atoms with Crippen molar-refractivity contribution in [3.63, 3.8) is 0 Å². The molecule has 0 unspecified atom stereocenters. The number of carboxylic acid groups (broad SMARTS) is 2. The second-order valence-electron chi connectivity index (χ2n) is 5.49. The number of nitrogens with one attached hydrogen (secondary N) is 2. The zero-order valence-electron chi connectivity index (χ0n) is 14.4. The first-order chi connectivity index (χ1) is 12.7. The van der Waals surface area contributed by atoms with Crippen LogP contribution in [0.4, 0.5) is 0 Å². The molecule has 8 nitrogen and oxygen atoms in total. The van der Waals surface area contributed by atoms with E-state index >= 15 is 0 Å². The fourth-order valence-corrected chi connectivity index (χ4v) is 2.59. The molecule has 10 heteroatoms. The fourth-order valence-electron chi connectivity index (χ4n) is 2.29. The third kappa shape index (κ3) is 8.87. The van der Waals surface area contributed by atoms with Crippen molar-refractivity contribution in [1.82, 2.24) is 10.6 Å². The van der Waals surface area contributed by atoms with Crippen LogP contribution < -0.4 is 10.6 Å². The molecule has 1 aromatic carbocycles. The van der Waals surface area contributed by atoms with Crippen molar-refractivity contribution in [3.05, 3.63) is 46.0 Å². The summed E-state index contributed by atoms with van der Waals surface area (Å²) < 4.78 is 5.82. The van der Waals surface area contributed by atoms with Gasteiger partial charge in [0, 0.05) is 32.2 Å². The van der Waals surface area contributed by atoms with Crippen molar-refractivity contribution < 1.29 is 29.3 Å². The molecule has 0 aromatic heterocycles. The van der Waals surface area contributed by atoms with Crippen LogP contribution in [-0.4, -0.2) is 53.8 Å². The van der Waals surface area contributed by atoms with Gasteiger partial charge in [-0.25, -0.2) is 9.59 Å². The SMILES string of the molecule is CC(=O)N[C@@H]1CNCCO[C@H]1c1ccc(Cl)c(Cl)c1.O=C(O)/C=C/C(=O)O. The van der Waals surface area contributed by atoms with E-state index in [0.717, 1.165) is 12.1 Å². The molecule has 1 fully saturated rings. The van der Waals surface area contributed by atoms with Crippen LogP contribution in [0.15, 0.2) is 30.4 Å². The predicted octanol–water partition coefficient (Wildman–Crippen LogP) is 1.87. The number of carbonyl (C=O) groups is 3. The number of hydrogen-bond donors (Lipinski definition) is 4. The molecule has 1 aliphatic rings. The van der Waals surface area contributed by atoms with Crippen LogP contribution in [0.5, 0.6) is 0 Å². The normalized spacial score (nSPS) is 19.5. The number of rotatable bonds is 4. The van der Waals surface area contributed by atoms with Gasteiger partial charge in [-0.2, -0.15) is 0 Å². The van der Waals surface area contributed by atoms with Crippen molar-refractivity contribution in [2.45, 2.75) is 19.1 Å². The van der Waals surface area contributed by atoms with Crippen LogP contribution in [0.3, 0.4) is 0 Å². The van der Waals surface area contributed by atoms with Gasteiger partial charge in [-0.05, 0) is 17.7 Å². The van der Waals surface area contributed by atoms with Crippen molar-refractivity contribution in [2.24, 2.45) is 0 Å². The Labute approximate surface area is 166 Å². The number of halogens is 2. The lowest BCUT2D eigenvalue weighted by molar-refractivity contribution is -0.134. The molecule has 0 saturated carbocycles. The highest BCUT2D eigenvalue weighted by atomic mass is 35.5. The summed E-state index contributed by atoms with van der Waals surface area (Å²) in [5.41, 5.74) is 0.914. The Bertz CT molecular complexity index is 695. The third-order valence-corrected chi connectivity index (χ3v) is 4.07. The number of carbonyl (C=O) groups excluding carboxylic acids is 1. The Balaban J connectivity index is 0.000000387. The lowest BCUT2D eigenvalue weighted by Crippen LogP contribution is -2.43. The summed E-state index contributed by atoms with van der Waals surface area (Å²) in [6.07, 6.45) is 0.888. The van der Waals surface area contributed by atoms with Crippen molar-refractivity contribution >= 4 is 41.0 Å². The molecule has 1 amide bonds. The van der Waals surface area contributed by atoms with E-state index in [2.05, 4.69) is 10.6 Å². The minimum Gasteiger partial charge on any atom is -0.478 e. The van der Waals surface area contributed by atoms with Crippen molar-refractivity contribution in [2.75, 3.05) is 19.7 Å². The van der Waals surface area contributed by atoms with Crippen LogP contribution in [0.25, 0.3) is 0 Å². The summed E-state index contributed by atoms with van der Waals surface area (Å²) in [4.78, 5) is 30.4. The minimum absolute atomic E-state index is 0.0811. The number of benzene rings is 1. The zero-order valence-corrected chi connectivity index (χ0v) is 16.0. The van der Waals surface area contributed by atoms with Crippen LogP contribution >= 0.6 is 23.2 Å². The highest BCUT2D eigenvalue weighted by molar-refractivity contribution is 6.42. The standard InChI is InChI=1S/C13H16Cl2N2O2.C4H4O4/c1-8(18)17-12-7-16-4-5-19-13(12)9-2-3-10(14)11(15)6-9;5-3(6)1-2-4(7)8/h2-3,6,12-13,16H,4-5,7H2,1H3,(H,17,18);1-2H,(H,5,6)(H,7,8)/b;2-1+/t12-,13+;/m1./s1. The van der Waals surface area contributed by atoms with Gasteiger partial charge in [-0.15, -0.1) is 0 Å². The molecular weight excluding hydrogens is 399 g/mol. The lowest BCUT2D eigenvalue weighted by atomic mass is 10.0. The molecule has 27 heavy (non-hydrogen) atoms. The van der Waals surface area contributed by atoms with Gasteiger partial charge in [0.05, 0.1) is 22.7 Å². The average molecular weight is 419 g/mol. The van der Waals surface area contributed by atoms with E-state index in [0.29, 0.717) is 35.3 Å². The molecule has 1 aromatic rings. The molecule has 1 aliphatic heterocycles. The number of ether oxygens (including phenoxy) is 1. The number of aliphatic carboxylic acids is 2. The van der Waals surface area contributed by atoms with Gasteiger partial charge in [0.15, 0.2) is 0 Å². The Morgan fingerprint density at radius 1 is 1.19 bits per heavy atom. The van der Waals surface area contributed by atoms with Crippen molar-refractivity contribution in [3.8, 4) is 0 Å². The Kier molecular flexibility index (Phi) is 9.81. The van der Waals surface area contributed by atoms with E-state index in [9.17, 15) is 14.4 Å². The first kappa shape index (κ1) is 22.9. The summed E-state index contributed by atoms with van der Waals surface area (Å²) in [5.74, 6) is -2.60. The molecule has 1 saturated heterocycles. The predicted molar refractivity (Wildman–Crippen MR) is 100 cm³/mol. The van der Waals surface area contributed by atoms with E-state index in [1.807, 2.05) is 6.07 Å². The maximum absolute atomic E-state index is 11.3. The Hall–Kier alpha value is -2.13. The topological polar surface area (TPSA) is 125 Å². The Morgan fingerprint density at radius 2 is 1.81 bits per heavy atom. The molecule has 0 bridgehead atoms. The van der Waals surface area contributed by atoms with Gasteiger partial charge in [-0.3, -0.25) is 4.79 Å². The van der Waals surface area contributed by atoms with Gasteiger partial charge in [0.2, 0.25) is 5.91 Å². The molecule has 4 N–H and O–H groups in total. The fraction of sp³-hybridized carbons (Fsp3) is 0.353. The van der Waals surface area contributed by atoms with Crippen LogP contribution in [-0.2, 0) is 19.1 Å². The van der Waals surface area contributed by atoms with E-state index < -0.39 is 11.9 Å². The highest BCUT2D eigenvalue weighted by Crippen LogP contribution is 2.29. The highest BCUT2D eigenvalue weighted by Gasteiger charge is 2.27. The smallest absolute Gasteiger partial charge is 0.328 e. The molecule has 0 aliphatic carbocycles. The maximum Gasteiger partial charge on any atom is 0.328 e. The second kappa shape index (κ2) is 11.6. The van der Waals surface area contributed by atoms with Gasteiger partial charge >= 0.3 is 11.9 Å². The molecule has 2 rings (SSSR count). The van der Waals surface area contributed by atoms with Crippen LogP contribution in [0, 0.1) is 0 Å². The summed E-state index contributed by atoms with van der Waals surface area (Å²) in [6, 6.07) is 5.27. The number of amides is 1. The van der Waals surface area contributed by atoms with Crippen LogP contribution in [0.1, 0.15) is 18.6 Å². The monoisotopic (exact) mass is 418 g/mol. The summed E-state index contributed by atoms with van der Waals surface area (Å²) >= 11 is 12.0. The molecule has 0 spiro atoms. The molecule has 1 heterocycles. The first-order valence-corrected chi connectivity index (χ1v) is 8.64. The van der Waals surface area contributed by atoms with Crippen molar-refractivity contribution in [1.29, 1.82) is 0 Å². The zero-order chi connectivity index (χ0) is 20.4. The van der Waals surface area contributed by atoms with Gasteiger partial charge in [-0.1, -0.05) is 29.3 Å².